The molecule has 0 radical (unpaired) electrons. The number of hydrogen-bond acceptors (Lipinski definition) is 7. The molecule has 0 atom stereocenters. The number of carbonyl (C=O) groups excluding carboxylic acids is 1. The predicted octanol–water partition coefficient (Wildman–Crippen LogP) is 3.69. The number of benzene rings is 2. The van der Waals surface area contributed by atoms with Gasteiger partial charge in [0, 0.05) is 17.5 Å². The zero-order valence-electron chi connectivity index (χ0n) is 20.3. The van der Waals surface area contributed by atoms with E-state index in [-0.39, 0.29) is 24.6 Å². The van der Waals surface area contributed by atoms with Crippen LogP contribution in [0.25, 0.3) is 21.9 Å². The summed E-state index contributed by atoms with van der Waals surface area (Å²) in [5.74, 6) is 1.36. The van der Waals surface area contributed by atoms with E-state index in [4.69, 9.17) is 9.26 Å². The van der Waals surface area contributed by atoms with Crippen molar-refractivity contribution in [2.45, 2.75) is 40.3 Å². The first-order valence-electron chi connectivity index (χ1n) is 11.8. The maximum atomic E-state index is 13.6. The third-order valence-electron chi connectivity index (χ3n) is 5.86. The van der Waals surface area contributed by atoms with E-state index in [2.05, 4.69) is 20.4 Å². The van der Waals surface area contributed by atoms with E-state index in [1.807, 2.05) is 39.0 Å². The highest BCUT2D eigenvalue weighted by Gasteiger charge is 2.19. The fraction of sp³-hybridized carbons (Fsp3) is 0.269. The van der Waals surface area contributed by atoms with Crippen LogP contribution >= 0.6 is 0 Å². The van der Waals surface area contributed by atoms with Crippen molar-refractivity contribution in [1.29, 1.82) is 0 Å². The van der Waals surface area contributed by atoms with Crippen LogP contribution in [-0.2, 0) is 24.3 Å². The zero-order chi connectivity index (χ0) is 25.2. The third-order valence-corrected chi connectivity index (χ3v) is 5.86. The first kappa shape index (κ1) is 23.3. The minimum atomic E-state index is -0.293. The summed E-state index contributed by atoms with van der Waals surface area (Å²) >= 11 is 0. The van der Waals surface area contributed by atoms with Crippen molar-refractivity contribution in [2.75, 3.05) is 11.9 Å². The second-order valence-electron chi connectivity index (χ2n) is 8.45. The van der Waals surface area contributed by atoms with Gasteiger partial charge < -0.3 is 19.1 Å². The fourth-order valence-electron chi connectivity index (χ4n) is 4.18. The number of carbonyl (C=O) groups is 1. The Hall–Kier alpha value is -4.47. The SMILES string of the molecule is CCOc1ccc(NC(=O)Cn2c3ccc(C)cc3c3ncn(Cc4nc(CC)no4)c(=O)c32)cc1. The van der Waals surface area contributed by atoms with Crippen LogP contribution in [0.3, 0.4) is 0 Å². The summed E-state index contributed by atoms with van der Waals surface area (Å²) in [6.07, 6.45) is 2.11. The van der Waals surface area contributed by atoms with Gasteiger partial charge >= 0.3 is 0 Å². The van der Waals surface area contributed by atoms with Crippen molar-refractivity contribution < 1.29 is 14.1 Å². The number of rotatable bonds is 8. The number of amides is 1. The van der Waals surface area contributed by atoms with Crippen molar-refractivity contribution in [3.63, 3.8) is 0 Å². The van der Waals surface area contributed by atoms with Gasteiger partial charge in [0.15, 0.2) is 5.82 Å². The first-order valence-corrected chi connectivity index (χ1v) is 11.8. The lowest BCUT2D eigenvalue weighted by Crippen LogP contribution is -2.25. The van der Waals surface area contributed by atoms with Crippen LogP contribution < -0.4 is 15.6 Å². The zero-order valence-corrected chi connectivity index (χ0v) is 20.3. The quantitative estimate of drug-likeness (QED) is 0.355. The molecule has 0 spiro atoms. The van der Waals surface area contributed by atoms with Gasteiger partial charge in [0.2, 0.25) is 11.8 Å². The van der Waals surface area contributed by atoms with Gasteiger partial charge in [0.05, 0.1) is 18.5 Å². The first-order chi connectivity index (χ1) is 17.5. The normalized spacial score (nSPS) is 11.3. The topological polar surface area (TPSA) is 117 Å². The van der Waals surface area contributed by atoms with Crippen LogP contribution in [0.2, 0.25) is 0 Å². The second kappa shape index (κ2) is 9.65. The number of nitrogens with one attached hydrogen (secondary N) is 1. The molecule has 0 fully saturated rings. The Bertz CT molecular complexity index is 1610. The Balaban J connectivity index is 1.52. The van der Waals surface area contributed by atoms with E-state index >= 15 is 0 Å². The molecular formula is C26H26N6O4. The van der Waals surface area contributed by atoms with E-state index < -0.39 is 0 Å². The van der Waals surface area contributed by atoms with Crippen molar-refractivity contribution in [3.8, 4) is 5.75 Å². The number of ether oxygens (including phenoxy) is 1. The van der Waals surface area contributed by atoms with Crippen molar-refractivity contribution in [1.82, 2.24) is 24.3 Å². The molecule has 0 aliphatic rings. The molecule has 0 bridgehead atoms. The predicted molar refractivity (Wildman–Crippen MR) is 135 cm³/mol. The highest BCUT2D eigenvalue weighted by molar-refractivity contribution is 6.06. The minimum Gasteiger partial charge on any atom is -0.494 e. The maximum Gasteiger partial charge on any atom is 0.278 e. The van der Waals surface area contributed by atoms with E-state index in [1.54, 1.807) is 28.8 Å². The molecule has 0 aliphatic heterocycles. The van der Waals surface area contributed by atoms with Crippen LogP contribution in [0.1, 0.15) is 31.1 Å². The molecule has 5 rings (SSSR count). The van der Waals surface area contributed by atoms with E-state index in [1.165, 1.54) is 10.9 Å². The molecule has 0 saturated carbocycles. The summed E-state index contributed by atoms with van der Waals surface area (Å²) in [6.45, 7) is 6.41. The molecule has 184 valence electrons. The molecule has 3 heterocycles. The van der Waals surface area contributed by atoms with Gasteiger partial charge in [0.1, 0.15) is 29.9 Å². The number of nitrogens with zero attached hydrogens (tertiary/aromatic N) is 5. The summed E-state index contributed by atoms with van der Waals surface area (Å²) in [5, 5.41) is 7.60. The fourth-order valence-corrected chi connectivity index (χ4v) is 4.18. The van der Waals surface area contributed by atoms with Gasteiger partial charge in [0.25, 0.3) is 5.56 Å². The Morgan fingerprint density at radius 1 is 1.14 bits per heavy atom. The Kier molecular flexibility index (Phi) is 6.24. The lowest BCUT2D eigenvalue weighted by atomic mass is 10.1. The van der Waals surface area contributed by atoms with Crippen LogP contribution in [0.15, 0.2) is 58.1 Å². The summed E-state index contributed by atoms with van der Waals surface area (Å²) < 4.78 is 13.8. The van der Waals surface area contributed by atoms with Gasteiger partial charge in [-0.2, -0.15) is 4.98 Å². The number of hydrogen-bond donors (Lipinski definition) is 1. The molecule has 3 aromatic heterocycles. The van der Waals surface area contributed by atoms with Gasteiger partial charge in [-0.05, 0) is 50.2 Å². The van der Waals surface area contributed by atoms with Crippen LogP contribution in [0, 0.1) is 6.92 Å². The molecule has 10 heteroatoms. The van der Waals surface area contributed by atoms with Gasteiger partial charge in [-0.1, -0.05) is 23.7 Å². The summed E-state index contributed by atoms with van der Waals surface area (Å²) in [7, 11) is 0. The smallest absolute Gasteiger partial charge is 0.278 e. The summed E-state index contributed by atoms with van der Waals surface area (Å²) in [4.78, 5) is 35.5. The minimum absolute atomic E-state index is 0.0578. The van der Waals surface area contributed by atoms with E-state index in [0.717, 1.165) is 22.2 Å². The van der Waals surface area contributed by atoms with Crippen molar-refractivity contribution >= 4 is 33.5 Å². The number of aryl methyl sites for hydroxylation is 2. The number of fused-ring (bicyclic) bond motifs is 3. The average Bonchev–Trinajstić information content (AvgIpc) is 3.45. The Morgan fingerprint density at radius 3 is 2.67 bits per heavy atom. The molecule has 0 saturated heterocycles. The number of aromatic nitrogens is 5. The summed E-state index contributed by atoms with van der Waals surface area (Å²) in [5.41, 5.74) is 3.02. The molecular weight excluding hydrogens is 460 g/mol. The van der Waals surface area contributed by atoms with Gasteiger partial charge in [-0.25, -0.2) is 4.98 Å². The molecule has 0 aliphatic carbocycles. The molecule has 5 aromatic rings. The van der Waals surface area contributed by atoms with E-state index in [9.17, 15) is 9.59 Å². The average molecular weight is 487 g/mol. The highest BCUT2D eigenvalue weighted by atomic mass is 16.5. The van der Waals surface area contributed by atoms with Gasteiger partial charge in [-0.15, -0.1) is 0 Å². The summed E-state index contributed by atoms with van der Waals surface area (Å²) in [6, 6.07) is 13.0. The van der Waals surface area contributed by atoms with Crippen molar-refractivity contribution in [2.24, 2.45) is 0 Å². The molecule has 2 aromatic carbocycles. The molecule has 1 N–H and O–H groups in total. The van der Waals surface area contributed by atoms with E-state index in [0.29, 0.717) is 41.5 Å². The van der Waals surface area contributed by atoms with Gasteiger partial charge in [-0.3, -0.25) is 14.2 Å². The molecule has 36 heavy (non-hydrogen) atoms. The Labute approximate surface area is 206 Å². The second-order valence-corrected chi connectivity index (χ2v) is 8.45. The van der Waals surface area contributed by atoms with Crippen LogP contribution in [0.4, 0.5) is 5.69 Å². The van der Waals surface area contributed by atoms with Crippen LogP contribution in [0.5, 0.6) is 5.75 Å². The largest absolute Gasteiger partial charge is 0.494 e. The van der Waals surface area contributed by atoms with Crippen LogP contribution in [-0.4, -0.2) is 36.8 Å². The molecule has 10 nitrogen and oxygen atoms in total. The molecule has 1 amide bonds. The monoisotopic (exact) mass is 486 g/mol. The number of anilines is 1. The standard InChI is InChI=1S/C26H26N6O4/c1-4-21-29-23(36-30-21)14-31-15-27-24-19-12-16(3)6-11-20(19)32(25(24)26(31)34)13-22(33)28-17-7-9-18(10-8-17)35-5-2/h6-12,15H,4-5,13-14H2,1-3H3,(H,28,33). The third kappa shape index (κ3) is 4.45. The maximum absolute atomic E-state index is 13.6. The lowest BCUT2D eigenvalue weighted by Gasteiger charge is -2.10. The Morgan fingerprint density at radius 2 is 1.94 bits per heavy atom. The van der Waals surface area contributed by atoms with Crippen molar-refractivity contribution in [3.05, 3.63) is 76.4 Å². The lowest BCUT2D eigenvalue weighted by molar-refractivity contribution is -0.116. The highest BCUT2D eigenvalue weighted by Crippen LogP contribution is 2.27. The molecule has 0 unspecified atom stereocenters.